The smallest absolute Gasteiger partial charge is 0.407 e. The fraction of sp³-hybridized carbons (Fsp3) is 0.444. The lowest BCUT2D eigenvalue weighted by Gasteiger charge is -2.39. The van der Waals surface area contributed by atoms with Crippen LogP contribution in [0.4, 0.5) is 4.79 Å². The number of methoxy groups -OCH3 is 1. The summed E-state index contributed by atoms with van der Waals surface area (Å²) in [5.41, 5.74) is 4.42. The number of piperidine rings is 1. The normalized spacial score (nSPS) is 20.9. The van der Waals surface area contributed by atoms with Crippen LogP contribution in [0.3, 0.4) is 0 Å². The van der Waals surface area contributed by atoms with Crippen LogP contribution in [-0.2, 0) is 19.1 Å². The average molecular weight is 481 g/mol. The first kappa shape index (κ1) is 24.7. The fourth-order valence-corrected chi connectivity index (χ4v) is 5.27. The molecule has 0 aromatic heterocycles. The number of carboxylic acid groups (broad SMARTS) is 1. The van der Waals surface area contributed by atoms with Crippen molar-refractivity contribution in [1.82, 2.24) is 10.2 Å². The van der Waals surface area contributed by atoms with Crippen LogP contribution in [0.2, 0.25) is 0 Å². The van der Waals surface area contributed by atoms with Crippen LogP contribution < -0.4 is 5.32 Å². The molecule has 1 saturated heterocycles. The highest BCUT2D eigenvalue weighted by molar-refractivity contribution is 5.90. The van der Waals surface area contributed by atoms with E-state index >= 15 is 0 Å². The molecule has 0 saturated carbocycles. The third kappa shape index (κ3) is 4.89. The topological polar surface area (TPSA) is 105 Å². The number of fused-ring (bicyclic) bond motifs is 3. The molecule has 1 fully saturated rings. The number of carbonyl (C=O) groups excluding carboxylic acids is 2. The first-order valence-electron chi connectivity index (χ1n) is 12.0. The summed E-state index contributed by atoms with van der Waals surface area (Å²) in [6.07, 6.45) is 0.0153. The molecule has 1 aliphatic carbocycles. The second-order valence-electron chi connectivity index (χ2n) is 9.32. The molecule has 8 nitrogen and oxygen atoms in total. The van der Waals surface area contributed by atoms with Crippen molar-refractivity contribution in [3.63, 3.8) is 0 Å². The molecule has 2 N–H and O–H groups in total. The Bertz CT molecular complexity index is 1060. The lowest BCUT2D eigenvalue weighted by atomic mass is 9.90. The van der Waals surface area contributed by atoms with Gasteiger partial charge in [-0.3, -0.25) is 4.79 Å². The van der Waals surface area contributed by atoms with Crippen molar-refractivity contribution < 1.29 is 29.0 Å². The lowest BCUT2D eigenvalue weighted by Crippen LogP contribution is -2.60. The maximum atomic E-state index is 13.4. The molecular formula is C27H32N2O6. The lowest BCUT2D eigenvalue weighted by molar-refractivity contribution is -0.156. The van der Waals surface area contributed by atoms with E-state index in [9.17, 15) is 19.5 Å². The summed E-state index contributed by atoms with van der Waals surface area (Å²) >= 11 is 0. The maximum Gasteiger partial charge on any atom is 0.407 e. The summed E-state index contributed by atoms with van der Waals surface area (Å²) in [5.74, 6) is -1.82. The highest BCUT2D eigenvalue weighted by Crippen LogP contribution is 2.44. The molecule has 4 rings (SSSR count). The Labute approximate surface area is 205 Å². The Morgan fingerprint density at radius 1 is 1.09 bits per heavy atom. The second kappa shape index (κ2) is 10.5. The Morgan fingerprint density at radius 2 is 1.69 bits per heavy atom. The van der Waals surface area contributed by atoms with Crippen LogP contribution in [0, 0.1) is 5.92 Å². The van der Waals surface area contributed by atoms with Crippen molar-refractivity contribution in [2.45, 2.75) is 50.8 Å². The van der Waals surface area contributed by atoms with Gasteiger partial charge in [0.25, 0.3) is 0 Å². The van der Waals surface area contributed by atoms with Crippen molar-refractivity contribution in [2.75, 3.05) is 20.3 Å². The van der Waals surface area contributed by atoms with Gasteiger partial charge in [-0.1, -0.05) is 55.5 Å². The molecule has 2 unspecified atom stereocenters. The zero-order valence-electron chi connectivity index (χ0n) is 20.3. The average Bonchev–Trinajstić information content (AvgIpc) is 3.18. The summed E-state index contributed by atoms with van der Waals surface area (Å²) in [4.78, 5) is 39.5. The van der Waals surface area contributed by atoms with Crippen molar-refractivity contribution in [3.05, 3.63) is 59.7 Å². The quantitative estimate of drug-likeness (QED) is 0.627. The molecule has 1 heterocycles. The number of amides is 2. The molecule has 0 bridgehead atoms. The van der Waals surface area contributed by atoms with E-state index in [-0.39, 0.29) is 18.4 Å². The number of nitrogens with one attached hydrogen (secondary N) is 1. The van der Waals surface area contributed by atoms with Crippen molar-refractivity contribution in [1.29, 1.82) is 0 Å². The van der Waals surface area contributed by atoms with Gasteiger partial charge in [-0.2, -0.15) is 0 Å². The van der Waals surface area contributed by atoms with Crippen LogP contribution in [0.15, 0.2) is 48.5 Å². The Kier molecular flexibility index (Phi) is 7.40. The molecule has 1 aliphatic heterocycles. The molecule has 2 aromatic rings. The van der Waals surface area contributed by atoms with Crippen molar-refractivity contribution in [2.24, 2.45) is 5.92 Å². The first-order chi connectivity index (χ1) is 16.8. The number of carbonyl (C=O) groups is 3. The van der Waals surface area contributed by atoms with Crippen LogP contribution >= 0.6 is 0 Å². The molecule has 8 heteroatoms. The zero-order valence-corrected chi connectivity index (χ0v) is 20.3. The molecule has 2 aromatic carbocycles. The molecule has 0 spiro atoms. The van der Waals surface area contributed by atoms with E-state index in [1.54, 1.807) is 6.92 Å². The van der Waals surface area contributed by atoms with Gasteiger partial charge >= 0.3 is 12.1 Å². The van der Waals surface area contributed by atoms with E-state index in [0.717, 1.165) is 28.7 Å². The van der Waals surface area contributed by atoms with Gasteiger partial charge in [0.2, 0.25) is 5.91 Å². The minimum absolute atomic E-state index is 0.110. The number of alkyl carbamates (subject to hydrolysis) is 1. The van der Waals surface area contributed by atoms with E-state index in [0.29, 0.717) is 13.0 Å². The summed E-state index contributed by atoms with van der Waals surface area (Å²) in [6.45, 7) is 3.92. The number of nitrogens with zero attached hydrogens (tertiary/aromatic N) is 1. The molecular weight excluding hydrogens is 448 g/mol. The molecule has 4 atom stereocenters. The van der Waals surface area contributed by atoms with Gasteiger partial charge in [-0.25, -0.2) is 9.59 Å². The number of aliphatic carboxylic acids is 1. The van der Waals surface area contributed by atoms with E-state index in [4.69, 9.17) is 9.47 Å². The third-order valence-corrected chi connectivity index (χ3v) is 7.19. The van der Waals surface area contributed by atoms with Crippen LogP contribution in [0.5, 0.6) is 0 Å². The highest BCUT2D eigenvalue weighted by atomic mass is 16.5. The number of ether oxygens (including phenoxy) is 2. The van der Waals surface area contributed by atoms with Gasteiger partial charge < -0.3 is 24.8 Å². The van der Waals surface area contributed by atoms with E-state index in [2.05, 4.69) is 17.4 Å². The van der Waals surface area contributed by atoms with E-state index in [1.807, 2.05) is 43.3 Å². The predicted molar refractivity (Wildman–Crippen MR) is 130 cm³/mol. The number of hydrogen-bond donors (Lipinski definition) is 2. The number of carboxylic acids is 1. The molecule has 0 radical (unpaired) electrons. The molecule has 186 valence electrons. The maximum absolute atomic E-state index is 13.4. The zero-order chi connectivity index (χ0) is 25.1. The van der Waals surface area contributed by atoms with Gasteiger partial charge in [0.1, 0.15) is 18.7 Å². The number of benzene rings is 2. The van der Waals surface area contributed by atoms with Gasteiger partial charge in [-0.05, 0) is 47.9 Å². The van der Waals surface area contributed by atoms with Crippen molar-refractivity contribution >= 4 is 18.0 Å². The Hall–Kier alpha value is -3.39. The largest absolute Gasteiger partial charge is 0.480 e. The molecule has 2 aliphatic rings. The summed E-state index contributed by atoms with van der Waals surface area (Å²) in [6, 6.07) is 14.1. The van der Waals surface area contributed by atoms with Gasteiger partial charge in [-0.15, -0.1) is 0 Å². The third-order valence-electron chi connectivity index (χ3n) is 7.19. The van der Waals surface area contributed by atoms with E-state index < -0.39 is 36.2 Å². The Balaban J connectivity index is 1.47. The summed E-state index contributed by atoms with van der Waals surface area (Å²) in [5, 5.41) is 12.4. The van der Waals surface area contributed by atoms with Gasteiger partial charge in [0.15, 0.2) is 0 Å². The summed E-state index contributed by atoms with van der Waals surface area (Å²) in [7, 11) is 1.44. The summed E-state index contributed by atoms with van der Waals surface area (Å²) < 4.78 is 11.0. The minimum atomic E-state index is -1.07. The predicted octanol–water partition coefficient (Wildman–Crippen LogP) is 3.64. The minimum Gasteiger partial charge on any atom is -0.480 e. The molecule has 2 amide bonds. The standard InChI is InChI=1S/C27H32N2O6/c1-16-9-8-14-29(24(16)26(31)32)25(30)23(17(2)34-3)28-27(33)35-15-22-20-12-6-4-10-18(20)19-11-5-7-13-21(19)22/h4-7,10-13,16-17,22-24H,8-9,14-15H2,1-3H3,(H,28,33)(H,31,32)/t16?,17-,23+,24?/m1/s1. The van der Waals surface area contributed by atoms with Crippen LogP contribution in [-0.4, -0.2) is 66.4 Å². The number of hydrogen-bond acceptors (Lipinski definition) is 5. The van der Waals surface area contributed by atoms with Crippen LogP contribution in [0.1, 0.15) is 43.7 Å². The number of likely N-dealkylation sites (tertiary alicyclic amines) is 1. The van der Waals surface area contributed by atoms with Crippen molar-refractivity contribution in [3.8, 4) is 11.1 Å². The SMILES string of the molecule is CO[C@H](C)[C@H](NC(=O)OCC1c2ccccc2-c2ccccc21)C(=O)N1CCCC(C)C1C(=O)O. The van der Waals surface area contributed by atoms with E-state index in [1.165, 1.54) is 12.0 Å². The van der Waals surface area contributed by atoms with Crippen LogP contribution in [0.25, 0.3) is 11.1 Å². The fourth-order valence-electron chi connectivity index (χ4n) is 5.27. The van der Waals surface area contributed by atoms with Gasteiger partial charge in [0.05, 0.1) is 6.10 Å². The van der Waals surface area contributed by atoms with Gasteiger partial charge in [0, 0.05) is 19.6 Å². The monoisotopic (exact) mass is 480 g/mol. The first-order valence-corrected chi connectivity index (χ1v) is 12.0. The highest BCUT2D eigenvalue weighted by Gasteiger charge is 2.41. The molecule has 35 heavy (non-hydrogen) atoms. The second-order valence-corrected chi connectivity index (χ2v) is 9.32. The Morgan fingerprint density at radius 3 is 2.26 bits per heavy atom. The number of rotatable bonds is 7.